The number of aromatic nitrogens is 3. The van der Waals surface area contributed by atoms with Gasteiger partial charge in [0.15, 0.2) is 12.4 Å². The van der Waals surface area contributed by atoms with Crippen LogP contribution < -0.4 is 9.13 Å². The molecule has 0 bridgehead atoms. The highest BCUT2D eigenvalue weighted by atomic mass is 14.9. The van der Waals surface area contributed by atoms with E-state index in [9.17, 15) is 0 Å². The number of benzene rings is 3. The van der Waals surface area contributed by atoms with Crippen LogP contribution in [0.4, 0.5) is 0 Å². The fourth-order valence-electron chi connectivity index (χ4n) is 6.92. The maximum absolute atomic E-state index is 8.51. The van der Waals surface area contributed by atoms with Gasteiger partial charge in [-0.05, 0) is 114 Å². The maximum Gasteiger partial charge on any atom is 0.212 e. The first kappa shape index (κ1) is 27.7. The summed E-state index contributed by atoms with van der Waals surface area (Å²) in [5, 5.41) is 0. The molecule has 3 heteroatoms. The first-order valence-corrected chi connectivity index (χ1v) is 19.5. The SMILES string of the molecule is [2H]C(C)(C)c1cc(-c2ccccc2C)[n+](C)cc1C([2H])(C)C([2H])([2H])[2H].[2H]C([2H])(C)c1cnc(-c2ccccc2C)cc1C([2H])(C)C([2H])([2H])[2H].[2H]C([2H])([2H])C([2H])(C)c1cc(-c2ccccc2C)[n+](C)cc1CC. The second-order valence-corrected chi connectivity index (χ2v) is 14.8. The van der Waals surface area contributed by atoms with Crippen LogP contribution in [0.3, 0.4) is 0 Å². The zero-order valence-corrected chi connectivity index (χ0v) is 35.9. The highest BCUT2D eigenvalue weighted by molar-refractivity contribution is 5.65. The zero-order valence-electron chi connectivity index (χ0n) is 50.9. The standard InChI is InChI=1S/C19H26N.C18H24N.C17H21N/c1-13(2)17-11-19(16-10-8-7-9-15(16)5)20(6)12-18(17)14(3)4;1-6-15-12-19(5)18(11-17(15)13(2)3)16-10-8-7-9-14(16)4;1-5-14-11-18-17(10-16(14)12(2)3)15-9-7-6-8-13(15)4/h7-14H,1-6H3;7-13H,6H2,1-5H3;6-12H,5H2,1-4H3/q2*+1;/i3D3,13D,14D;2D3,13D;2D3,5D2,12D. The van der Waals surface area contributed by atoms with E-state index in [1.54, 1.807) is 26.1 Å². The quantitative estimate of drug-likeness (QED) is 0.134. The molecular formula is C54H71N3+2. The smallest absolute Gasteiger partial charge is 0.212 e. The molecule has 0 amide bonds. The second-order valence-electron chi connectivity index (χ2n) is 14.8. The largest absolute Gasteiger partial charge is 0.256 e. The van der Waals surface area contributed by atoms with Crippen molar-refractivity contribution in [3.05, 3.63) is 160 Å². The lowest BCUT2D eigenvalue weighted by atomic mass is 9.90. The lowest BCUT2D eigenvalue weighted by Gasteiger charge is -2.16. The van der Waals surface area contributed by atoms with Crippen LogP contribution in [0.15, 0.2) is 110 Å². The van der Waals surface area contributed by atoms with Gasteiger partial charge in [0.1, 0.15) is 14.1 Å². The van der Waals surface area contributed by atoms with E-state index in [1.807, 2.05) is 142 Å². The minimum absolute atomic E-state index is 0.133. The van der Waals surface area contributed by atoms with Crippen molar-refractivity contribution in [2.45, 2.75) is 126 Å². The van der Waals surface area contributed by atoms with Crippen LogP contribution in [0, 0.1) is 20.8 Å². The van der Waals surface area contributed by atoms with Crippen LogP contribution in [-0.4, -0.2) is 4.98 Å². The maximum atomic E-state index is 8.51. The average molecular weight is 777 g/mol. The molecule has 57 heavy (non-hydrogen) atoms. The summed E-state index contributed by atoms with van der Waals surface area (Å²) in [5.41, 5.74) is 11.2. The van der Waals surface area contributed by atoms with Gasteiger partial charge < -0.3 is 0 Å². The van der Waals surface area contributed by atoms with Crippen LogP contribution in [0.5, 0.6) is 0 Å². The Labute approximate surface area is 368 Å². The lowest BCUT2D eigenvalue weighted by molar-refractivity contribution is -0.661. The van der Waals surface area contributed by atoms with Crippen LogP contribution >= 0.6 is 0 Å². The summed E-state index contributed by atoms with van der Waals surface area (Å²) in [7, 11) is 3.81. The molecule has 3 atom stereocenters. The van der Waals surface area contributed by atoms with Crippen LogP contribution in [0.2, 0.25) is 0 Å². The minimum Gasteiger partial charge on any atom is -0.256 e. The molecule has 0 saturated carbocycles. The average Bonchev–Trinajstić information content (AvgIpc) is 3.25. The molecule has 0 spiro atoms. The molecule has 0 aliphatic carbocycles. The predicted octanol–water partition coefficient (Wildman–Crippen LogP) is 13.6. The van der Waals surface area contributed by atoms with Crippen molar-refractivity contribution >= 4 is 0 Å². The monoisotopic (exact) mass is 777 g/mol. The van der Waals surface area contributed by atoms with Gasteiger partial charge in [0.25, 0.3) is 0 Å². The summed E-state index contributed by atoms with van der Waals surface area (Å²) in [6.45, 7) is 9.50. The van der Waals surface area contributed by atoms with Crippen molar-refractivity contribution in [2.75, 3.05) is 0 Å². The Kier molecular flexibility index (Phi) is 9.96. The number of rotatable bonds is 9. The molecule has 3 nitrogen and oxygen atoms in total. The van der Waals surface area contributed by atoms with Crippen LogP contribution in [0.1, 0.15) is 163 Å². The third-order valence-electron chi connectivity index (χ3n) is 10.2. The van der Waals surface area contributed by atoms with Gasteiger partial charge in [0.2, 0.25) is 11.4 Å². The van der Waals surface area contributed by atoms with Gasteiger partial charge >= 0.3 is 0 Å². The molecule has 6 rings (SSSR count). The Morgan fingerprint density at radius 2 is 1.00 bits per heavy atom. The van der Waals surface area contributed by atoms with E-state index < -0.39 is 50.5 Å². The first-order valence-electron chi connectivity index (χ1n) is 27.0. The highest BCUT2D eigenvalue weighted by Crippen LogP contribution is 2.31. The van der Waals surface area contributed by atoms with Crippen LogP contribution in [-0.2, 0) is 26.9 Å². The van der Waals surface area contributed by atoms with E-state index in [0.717, 1.165) is 50.3 Å². The second kappa shape index (κ2) is 20.5. The van der Waals surface area contributed by atoms with Crippen molar-refractivity contribution in [2.24, 2.45) is 14.1 Å². The fourth-order valence-corrected chi connectivity index (χ4v) is 6.92. The number of hydrogen-bond donors (Lipinski definition) is 0. The van der Waals surface area contributed by atoms with E-state index in [-0.39, 0.29) is 11.1 Å². The van der Waals surface area contributed by atoms with Crippen molar-refractivity contribution in [3.8, 4) is 33.8 Å². The molecule has 0 saturated heterocycles. The Morgan fingerprint density at radius 1 is 0.561 bits per heavy atom. The summed E-state index contributed by atoms with van der Waals surface area (Å²) in [6, 6.07) is 28.8. The van der Waals surface area contributed by atoms with E-state index in [2.05, 4.69) is 4.98 Å². The third kappa shape index (κ3) is 11.2. The van der Waals surface area contributed by atoms with Gasteiger partial charge in [0, 0.05) is 66.7 Å². The van der Waals surface area contributed by atoms with Gasteiger partial charge in [-0.25, -0.2) is 9.13 Å². The van der Waals surface area contributed by atoms with Gasteiger partial charge in [-0.3, -0.25) is 4.98 Å². The summed E-state index contributed by atoms with van der Waals surface area (Å²) in [5.74, 6) is -6.38. The lowest BCUT2D eigenvalue weighted by Crippen LogP contribution is -2.32. The molecule has 0 fully saturated rings. The van der Waals surface area contributed by atoms with Crippen LogP contribution in [0.25, 0.3) is 33.8 Å². The molecule has 0 aliphatic rings. The van der Waals surface area contributed by atoms with Crippen molar-refractivity contribution in [1.82, 2.24) is 4.98 Å². The summed E-state index contributed by atoms with van der Waals surface area (Å²) < 4.78 is 123. The van der Waals surface area contributed by atoms with Crippen molar-refractivity contribution in [3.63, 3.8) is 0 Å². The summed E-state index contributed by atoms with van der Waals surface area (Å²) >= 11 is 0. The predicted molar refractivity (Wildman–Crippen MR) is 245 cm³/mol. The fraction of sp³-hybridized carbons (Fsp3) is 0.389. The van der Waals surface area contributed by atoms with Gasteiger partial charge in [0.05, 0.1) is 5.69 Å². The molecule has 0 radical (unpaired) electrons. The molecule has 0 N–H and O–H groups in total. The molecule has 0 aliphatic heterocycles. The Hall–Kier alpha value is -4.89. The third-order valence-corrected chi connectivity index (χ3v) is 10.2. The number of hydrogen-bond acceptors (Lipinski definition) is 1. The van der Waals surface area contributed by atoms with Gasteiger partial charge in [-0.2, -0.15) is 0 Å². The Morgan fingerprint density at radius 3 is 1.46 bits per heavy atom. The molecular weight excluding hydrogens is 691 g/mol. The Bertz CT molecular complexity index is 2860. The van der Waals surface area contributed by atoms with E-state index in [4.69, 9.17) is 20.6 Å². The molecule has 3 heterocycles. The molecule has 6 aromatic rings. The van der Waals surface area contributed by atoms with Crippen molar-refractivity contribution in [1.29, 1.82) is 0 Å². The molecule has 300 valence electrons. The van der Waals surface area contributed by atoms with Gasteiger partial charge in [-0.15, -0.1) is 0 Å². The molecule has 3 unspecified atom stereocenters. The van der Waals surface area contributed by atoms with E-state index in [0.29, 0.717) is 28.8 Å². The molecule has 3 aromatic carbocycles. The summed E-state index contributed by atoms with van der Waals surface area (Å²) in [6.07, 6.45) is 3.92. The summed E-state index contributed by atoms with van der Waals surface area (Å²) in [4.78, 5) is 4.33. The zero-order chi connectivity index (χ0) is 55.0. The van der Waals surface area contributed by atoms with E-state index in [1.165, 1.54) is 33.9 Å². The van der Waals surface area contributed by atoms with E-state index >= 15 is 0 Å². The number of pyridine rings is 3. The number of aryl methyl sites for hydroxylation is 7. The Balaban J connectivity index is 0.000000235. The highest BCUT2D eigenvalue weighted by Gasteiger charge is 2.21. The van der Waals surface area contributed by atoms with Crippen molar-refractivity contribution < 1.29 is 29.7 Å². The van der Waals surface area contributed by atoms with Gasteiger partial charge in [-0.1, -0.05) is 130 Å². The normalized spacial score (nSPS) is 19.2. The topological polar surface area (TPSA) is 20.6 Å². The first-order chi connectivity index (χ1) is 32.7. The number of nitrogens with zero attached hydrogens (tertiary/aromatic N) is 3. The minimum atomic E-state index is -2.59. The molecule has 3 aromatic heterocycles.